The second-order valence-corrected chi connectivity index (χ2v) is 7.50. The highest BCUT2D eigenvalue weighted by atomic mass is 32.2. The van der Waals surface area contributed by atoms with E-state index in [4.69, 9.17) is 16.7 Å². The van der Waals surface area contributed by atoms with Crippen molar-refractivity contribution in [1.82, 2.24) is 19.5 Å². The van der Waals surface area contributed by atoms with E-state index < -0.39 is 17.2 Å². The van der Waals surface area contributed by atoms with Gasteiger partial charge in [0.05, 0.1) is 18.5 Å². The molecule has 164 valence electrons. The number of hydrogen-bond acceptors (Lipinski definition) is 9. The number of nitrogens with one attached hydrogen (secondary N) is 1. The van der Waals surface area contributed by atoms with Gasteiger partial charge in [-0.15, -0.1) is 0 Å². The van der Waals surface area contributed by atoms with E-state index in [1.165, 1.54) is 15.7 Å². The lowest BCUT2D eigenvalue weighted by atomic mass is 10.2. The number of aromatic nitrogens is 4. The standard InChI is InChI=1S/C20H20N8O3S/c1-2-27(14(29)11-32-19-24-9-13(8-21)16(22)25-19)15-17(23)28(20(31)26-18(15)30)10-12-6-4-3-5-7-12/h3-7,9H,2,10-11,23H2,1H3,(H2,22,24,25)(H,26,30,31). The van der Waals surface area contributed by atoms with Gasteiger partial charge >= 0.3 is 5.69 Å². The zero-order valence-corrected chi connectivity index (χ0v) is 17.9. The van der Waals surface area contributed by atoms with E-state index in [1.807, 2.05) is 36.4 Å². The Bertz CT molecular complexity index is 1300. The number of nitriles is 1. The van der Waals surface area contributed by atoms with Gasteiger partial charge in [0.25, 0.3) is 5.56 Å². The molecule has 1 amide bonds. The van der Waals surface area contributed by atoms with Crippen LogP contribution in [0.4, 0.5) is 17.3 Å². The molecule has 0 aliphatic rings. The van der Waals surface area contributed by atoms with Crippen LogP contribution in [-0.4, -0.2) is 37.7 Å². The van der Waals surface area contributed by atoms with Crippen molar-refractivity contribution in [2.75, 3.05) is 28.7 Å². The molecule has 11 nitrogen and oxygen atoms in total. The van der Waals surface area contributed by atoms with Crippen LogP contribution in [0.5, 0.6) is 0 Å². The number of thioether (sulfide) groups is 1. The maximum atomic E-state index is 12.9. The number of anilines is 3. The summed E-state index contributed by atoms with van der Waals surface area (Å²) in [7, 11) is 0. The summed E-state index contributed by atoms with van der Waals surface area (Å²) in [6, 6.07) is 11.0. The van der Waals surface area contributed by atoms with Crippen molar-refractivity contribution in [2.24, 2.45) is 0 Å². The Labute approximate surface area is 186 Å². The lowest BCUT2D eigenvalue weighted by Crippen LogP contribution is -2.41. The summed E-state index contributed by atoms with van der Waals surface area (Å²) < 4.78 is 1.21. The highest BCUT2D eigenvalue weighted by Gasteiger charge is 2.23. The third-order valence-electron chi connectivity index (χ3n) is 4.53. The fraction of sp³-hybridized carbons (Fsp3) is 0.200. The van der Waals surface area contributed by atoms with Crippen LogP contribution in [0.15, 0.2) is 51.3 Å². The van der Waals surface area contributed by atoms with Gasteiger partial charge in [0, 0.05) is 6.54 Å². The molecule has 0 saturated heterocycles. The van der Waals surface area contributed by atoms with E-state index >= 15 is 0 Å². The molecule has 32 heavy (non-hydrogen) atoms. The van der Waals surface area contributed by atoms with Gasteiger partial charge in [-0.1, -0.05) is 42.1 Å². The van der Waals surface area contributed by atoms with Crippen molar-refractivity contribution in [2.45, 2.75) is 18.6 Å². The van der Waals surface area contributed by atoms with Crippen LogP contribution in [0.2, 0.25) is 0 Å². The molecular weight excluding hydrogens is 432 g/mol. The number of nitrogen functional groups attached to an aromatic ring is 2. The maximum Gasteiger partial charge on any atom is 0.330 e. The molecular formula is C20H20N8O3S. The number of nitrogens with two attached hydrogens (primary N) is 2. The van der Waals surface area contributed by atoms with Crippen molar-refractivity contribution >= 4 is 35.0 Å². The van der Waals surface area contributed by atoms with Crippen molar-refractivity contribution < 1.29 is 4.79 Å². The molecule has 0 radical (unpaired) electrons. The number of H-pyrrole nitrogens is 1. The summed E-state index contributed by atoms with van der Waals surface area (Å²) >= 11 is 0.998. The number of carbonyl (C=O) groups excluding carboxylic acids is 1. The Balaban J connectivity index is 1.87. The Morgan fingerprint density at radius 3 is 2.62 bits per heavy atom. The minimum Gasteiger partial charge on any atom is -0.383 e. The Hall–Kier alpha value is -4.11. The molecule has 0 aliphatic carbocycles. The van der Waals surface area contributed by atoms with Gasteiger partial charge in [0.15, 0.2) is 10.8 Å². The van der Waals surface area contributed by atoms with E-state index in [9.17, 15) is 14.4 Å². The van der Waals surface area contributed by atoms with Crippen molar-refractivity contribution in [1.29, 1.82) is 5.26 Å². The second-order valence-electron chi connectivity index (χ2n) is 6.55. The lowest BCUT2D eigenvalue weighted by Gasteiger charge is -2.23. The first kappa shape index (κ1) is 22.6. The number of hydrogen-bond donors (Lipinski definition) is 3. The van der Waals surface area contributed by atoms with E-state index in [2.05, 4.69) is 15.0 Å². The van der Waals surface area contributed by atoms with Crippen molar-refractivity contribution in [3.63, 3.8) is 0 Å². The summed E-state index contributed by atoms with van der Waals surface area (Å²) in [6.07, 6.45) is 1.27. The molecule has 0 unspecified atom stereocenters. The predicted molar refractivity (Wildman–Crippen MR) is 121 cm³/mol. The number of benzene rings is 1. The second kappa shape index (κ2) is 9.80. The predicted octanol–water partition coefficient (Wildman–Crippen LogP) is 0.556. The smallest absolute Gasteiger partial charge is 0.330 e. The fourth-order valence-electron chi connectivity index (χ4n) is 2.96. The average Bonchev–Trinajstić information content (AvgIpc) is 2.78. The van der Waals surface area contributed by atoms with Gasteiger partial charge in [0.2, 0.25) is 5.91 Å². The van der Waals surface area contributed by atoms with Crippen LogP contribution in [0.25, 0.3) is 0 Å². The van der Waals surface area contributed by atoms with Crippen LogP contribution in [0.3, 0.4) is 0 Å². The van der Waals surface area contributed by atoms with Gasteiger partial charge in [-0.25, -0.2) is 14.8 Å². The number of rotatable bonds is 7. The number of nitrogens with zero attached hydrogens (tertiary/aromatic N) is 5. The Morgan fingerprint density at radius 2 is 2.00 bits per heavy atom. The molecule has 2 aromatic heterocycles. The van der Waals surface area contributed by atoms with E-state index in [0.717, 1.165) is 17.3 Å². The summed E-state index contributed by atoms with van der Waals surface area (Å²) in [5, 5.41) is 9.11. The van der Waals surface area contributed by atoms with Crippen LogP contribution in [0.1, 0.15) is 18.1 Å². The molecule has 5 N–H and O–H groups in total. The molecule has 0 aliphatic heterocycles. The molecule has 3 rings (SSSR count). The average molecular weight is 453 g/mol. The number of aromatic amines is 1. The zero-order valence-electron chi connectivity index (χ0n) is 17.1. The van der Waals surface area contributed by atoms with Gasteiger partial charge in [-0.3, -0.25) is 19.1 Å². The first-order valence-electron chi connectivity index (χ1n) is 9.48. The summed E-state index contributed by atoms with van der Waals surface area (Å²) in [5.74, 6) is -0.651. The minimum atomic E-state index is -0.754. The number of amides is 1. The highest BCUT2D eigenvalue weighted by molar-refractivity contribution is 7.99. The van der Waals surface area contributed by atoms with Crippen LogP contribution in [0, 0.1) is 11.3 Å². The van der Waals surface area contributed by atoms with Crippen LogP contribution >= 0.6 is 11.8 Å². The summed E-state index contributed by atoms with van der Waals surface area (Å²) in [6.45, 7) is 1.96. The van der Waals surface area contributed by atoms with Gasteiger partial charge in [-0.05, 0) is 12.5 Å². The van der Waals surface area contributed by atoms with E-state index in [1.54, 1.807) is 6.92 Å². The molecule has 1 aromatic carbocycles. The topological polar surface area (TPSA) is 177 Å². The molecule has 0 saturated carbocycles. The normalized spacial score (nSPS) is 10.5. The molecule has 0 spiro atoms. The van der Waals surface area contributed by atoms with Crippen LogP contribution < -0.4 is 27.6 Å². The molecule has 0 bridgehead atoms. The quantitative estimate of drug-likeness (QED) is 0.341. The number of carbonyl (C=O) groups is 1. The molecule has 2 heterocycles. The van der Waals surface area contributed by atoms with Crippen LogP contribution in [-0.2, 0) is 11.3 Å². The van der Waals surface area contributed by atoms with Gasteiger partial charge in [-0.2, -0.15) is 5.26 Å². The zero-order chi connectivity index (χ0) is 23.3. The molecule has 0 fully saturated rings. The van der Waals surface area contributed by atoms with Crippen molar-refractivity contribution in [3.8, 4) is 6.07 Å². The van der Waals surface area contributed by atoms with Gasteiger partial charge < -0.3 is 16.4 Å². The van der Waals surface area contributed by atoms with Gasteiger partial charge in [0.1, 0.15) is 23.3 Å². The third kappa shape index (κ3) is 4.79. The van der Waals surface area contributed by atoms with E-state index in [0.29, 0.717) is 0 Å². The first-order chi connectivity index (χ1) is 15.3. The first-order valence-corrected chi connectivity index (χ1v) is 10.5. The maximum absolute atomic E-state index is 12.9. The molecule has 3 aromatic rings. The molecule has 0 atom stereocenters. The molecule has 12 heteroatoms. The van der Waals surface area contributed by atoms with E-state index in [-0.39, 0.29) is 46.9 Å². The Morgan fingerprint density at radius 1 is 1.28 bits per heavy atom. The minimum absolute atomic E-state index is 0.0125. The highest BCUT2D eigenvalue weighted by Crippen LogP contribution is 2.21. The lowest BCUT2D eigenvalue weighted by molar-refractivity contribution is -0.116. The monoisotopic (exact) mass is 452 g/mol. The largest absolute Gasteiger partial charge is 0.383 e. The summed E-state index contributed by atoms with van der Waals surface area (Å²) in [4.78, 5) is 49.2. The van der Waals surface area contributed by atoms with Crippen molar-refractivity contribution in [3.05, 3.63) is 68.5 Å². The summed E-state index contributed by atoms with van der Waals surface area (Å²) in [5.41, 5.74) is 11.3. The SMILES string of the molecule is CCN(C(=O)CSc1ncc(C#N)c(N)n1)c1c(N)n(Cc2ccccc2)c(=O)[nH]c1=O. The third-order valence-corrected chi connectivity index (χ3v) is 5.37. The Kier molecular flexibility index (Phi) is 6.91. The fourth-order valence-corrected chi connectivity index (χ4v) is 3.66.